The average Bonchev–Trinajstić information content (AvgIpc) is 2.14. The summed E-state index contributed by atoms with van der Waals surface area (Å²) in [5, 5.41) is 8.65. The van der Waals surface area contributed by atoms with Crippen LogP contribution in [0.15, 0.2) is 30.3 Å². The minimum absolute atomic E-state index is 0.0951. The molecule has 0 fully saturated rings. The third-order valence-corrected chi connectivity index (χ3v) is 1.87. The largest absolute Gasteiger partial charge is 0.392 e. The van der Waals surface area contributed by atoms with Crippen molar-refractivity contribution in [2.75, 3.05) is 20.7 Å². The molecule has 1 aromatic carbocycles. The van der Waals surface area contributed by atoms with Gasteiger partial charge < -0.3 is 10.0 Å². The topological polar surface area (TPSA) is 23.5 Å². The summed E-state index contributed by atoms with van der Waals surface area (Å²) in [6.07, 6.45) is 3.67. The van der Waals surface area contributed by atoms with Crippen molar-refractivity contribution in [3.63, 3.8) is 0 Å². The van der Waals surface area contributed by atoms with E-state index in [2.05, 4.69) is 31.1 Å². The first-order valence-corrected chi connectivity index (χ1v) is 4.73. The van der Waals surface area contributed by atoms with Gasteiger partial charge in [0.05, 0.1) is 6.61 Å². The first-order valence-electron chi connectivity index (χ1n) is 4.73. The van der Waals surface area contributed by atoms with E-state index < -0.39 is 0 Å². The lowest BCUT2D eigenvalue weighted by Gasteiger charge is -2.09. The molecule has 0 amide bonds. The number of aliphatic hydroxyl groups is 1. The Balaban J connectivity index is 2.73. The number of nitrogens with zero attached hydrogens (tertiary/aromatic N) is 1. The van der Waals surface area contributed by atoms with Gasteiger partial charge in [-0.2, -0.15) is 0 Å². The van der Waals surface area contributed by atoms with Gasteiger partial charge >= 0.3 is 0 Å². The van der Waals surface area contributed by atoms with E-state index in [9.17, 15) is 0 Å². The Hall–Kier alpha value is -1.12. The Kier molecular flexibility index (Phi) is 4.36. The summed E-state index contributed by atoms with van der Waals surface area (Å²) in [4.78, 5) is 2.13. The smallest absolute Gasteiger partial charge is 0.0615 e. The van der Waals surface area contributed by atoms with Crippen LogP contribution in [0.2, 0.25) is 0 Å². The van der Waals surface area contributed by atoms with Gasteiger partial charge in [0.1, 0.15) is 0 Å². The Morgan fingerprint density at radius 2 is 2.14 bits per heavy atom. The molecule has 1 rings (SSSR count). The van der Waals surface area contributed by atoms with Crippen molar-refractivity contribution in [1.82, 2.24) is 4.90 Å². The highest BCUT2D eigenvalue weighted by atomic mass is 16.2. The molecule has 0 aliphatic heterocycles. The molecule has 0 heterocycles. The van der Waals surface area contributed by atoms with Gasteiger partial charge in [-0.3, -0.25) is 0 Å². The molecule has 14 heavy (non-hydrogen) atoms. The second-order valence-electron chi connectivity index (χ2n) is 3.57. The summed E-state index contributed by atoms with van der Waals surface area (Å²) in [6, 6.07) is 8.31. The average molecular weight is 191 g/mol. The van der Waals surface area contributed by atoms with E-state index in [4.69, 9.17) is 5.11 Å². The number of rotatable bonds is 4. The Morgan fingerprint density at radius 1 is 1.36 bits per heavy atom. The predicted molar refractivity (Wildman–Crippen MR) is 60.0 cm³/mol. The van der Waals surface area contributed by atoms with Gasteiger partial charge in [0.2, 0.25) is 0 Å². The summed E-state index contributed by atoms with van der Waals surface area (Å²) in [5.74, 6) is 0. The fourth-order valence-corrected chi connectivity index (χ4v) is 1.35. The molecule has 0 saturated carbocycles. The highest BCUT2D eigenvalue weighted by molar-refractivity contribution is 5.50. The van der Waals surface area contributed by atoms with Crippen molar-refractivity contribution in [3.05, 3.63) is 41.5 Å². The maximum Gasteiger partial charge on any atom is 0.0615 e. The normalized spacial score (nSPS) is 11.4. The van der Waals surface area contributed by atoms with Gasteiger partial charge in [-0.05, 0) is 25.2 Å². The molecule has 0 aromatic heterocycles. The highest BCUT2D eigenvalue weighted by Crippen LogP contribution is 2.08. The lowest BCUT2D eigenvalue weighted by molar-refractivity contribution is 0.343. The molecule has 0 bridgehead atoms. The number of benzene rings is 1. The molecule has 0 saturated heterocycles. The Labute approximate surface area is 85.5 Å². The lowest BCUT2D eigenvalue weighted by atomic mass is 10.1. The van der Waals surface area contributed by atoms with E-state index in [1.54, 1.807) is 6.08 Å². The molecule has 2 heteroatoms. The summed E-state index contributed by atoms with van der Waals surface area (Å²) in [7, 11) is 4.10. The van der Waals surface area contributed by atoms with Crippen molar-refractivity contribution in [1.29, 1.82) is 0 Å². The van der Waals surface area contributed by atoms with Crippen LogP contribution in [0.1, 0.15) is 11.1 Å². The maximum atomic E-state index is 8.65. The van der Waals surface area contributed by atoms with Crippen LogP contribution < -0.4 is 0 Å². The molecule has 0 unspecified atom stereocenters. The molecular formula is C12H17NO. The van der Waals surface area contributed by atoms with Gasteiger partial charge in [-0.25, -0.2) is 0 Å². The molecular weight excluding hydrogens is 174 g/mol. The van der Waals surface area contributed by atoms with E-state index in [0.29, 0.717) is 0 Å². The number of hydrogen-bond donors (Lipinski definition) is 1. The third-order valence-electron chi connectivity index (χ3n) is 1.87. The molecule has 0 aliphatic carbocycles. The van der Waals surface area contributed by atoms with Crippen molar-refractivity contribution in [2.24, 2.45) is 0 Å². The first-order chi connectivity index (χ1) is 6.72. The van der Waals surface area contributed by atoms with Crippen LogP contribution in [0.5, 0.6) is 0 Å². The SMILES string of the molecule is CN(C)Cc1cccc(/C=C/CO)c1. The van der Waals surface area contributed by atoms with Crippen LogP contribution in [0.4, 0.5) is 0 Å². The van der Waals surface area contributed by atoms with E-state index in [-0.39, 0.29) is 6.61 Å². The lowest BCUT2D eigenvalue weighted by Crippen LogP contribution is -2.10. The highest BCUT2D eigenvalue weighted by Gasteiger charge is 1.94. The van der Waals surface area contributed by atoms with E-state index >= 15 is 0 Å². The molecule has 1 N–H and O–H groups in total. The monoisotopic (exact) mass is 191 g/mol. The summed E-state index contributed by atoms with van der Waals surface area (Å²) < 4.78 is 0. The fraction of sp³-hybridized carbons (Fsp3) is 0.333. The van der Waals surface area contributed by atoms with Gasteiger partial charge in [0, 0.05) is 6.54 Å². The molecule has 0 spiro atoms. The Morgan fingerprint density at radius 3 is 2.79 bits per heavy atom. The number of hydrogen-bond acceptors (Lipinski definition) is 2. The van der Waals surface area contributed by atoms with Crippen LogP contribution >= 0.6 is 0 Å². The summed E-state index contributed by atoms with van der Waals surface area (Å²) >= 11 is 0. The van der Waals surface area contributed by atoms with Crippen molar-refractivity contribution < 1.29 is 5.11 Å². The van der Waals surface area contributed by atoms with Gasteiger partial charge in [0.15, 0.2) is 0 Å². The minimum Gasteiger partial charge on any atom is -0.392 e. The molecule has 1 aromatic rings. The predicted octanol–water partition coefficient (Wildman–Crippen LogP) is 1.75. The molecule has 76 valence electrons. The van der Waals surface area contributed by atoms with Crippen molar-refractivity contribution in [3.8, 4) is 0 Å². The van der Waals surface area contributed by atoms with Crippen LogP contribution in [0.3, 0.4) is 0 Å². The Bertz CT molecular complexity index is 305. The van der Waals surface area contributed by atoms with Crippen molar-refractivity contribution >= 4 is 6.08 Å². The summed E-state index contributed by atoms with van der Waals surface area (Å²) in [5.41, 5.74) is 2.42. The summed E-state index contributed by atoms with van der Waals surface area (Å²) in [6.45, 7) is 1.04. The van der Waals surface area contributed by atoms with Crippen LogP contribution in [-0.4, -0.2) is 30.7 Å². The molecule has 0 radical (unpaired) electrons. The number of aliphatic hydroxyl groups excluding tert-OH is 1. The van der Waals surface area contributed by atoms with Crippen LogP contribution in [0, 0.1) is 0 Å². The second-order valence-corrected chi connectivity index (χ2v) is 3.57. The van der Waals surface area contributed by atoms with E-state index in [1.807, 2.05) is 18.2 Å². The first kappa shape index (κ1) is 11.0. The fourth-order valence-electron chi connectivity index (χ4n) is 1.35. The van der Waals surface area contributed by atoms with Crippen molar-refractivity contribution in [2.45, 2.75) is 6.54 Å². The maximum absolute atomic E-state index is 8.65. The molecule has 2 nitrogen and oxygen atoms in total. The zero-order valence-electron chi connectivity index (χ0n) is 8.77. The molecule has 0 atom stereocenters. The standard InChI is InChI=1S/C12H17NO/c1-13(2)10-12-6-3-5-11(9-12)7-4-8-14/h3-7,9,14H,8,10H2,1-2H3/b7-4+. The van der Waals surface area contributed by atoms with E-state index in [1.165, 1.54) is 5.56 Å². The zero-order chi connectivity index (χ0) is 10.4. The molecule has 0 aliphatic rings. The van der Waals surface area contributed by atoms with Gasteiger partial charge in [-0.1, -0.05) is 36.4 Å². The van der Waals surface area contributed by atoms with Gasteiger partial charge in [0.25, 0.3) is 0 Å². The second kappa shape index (κ2) is 5.58. The van der Waals surface area contributed by atoms with Gasteiger partial charge in [-0.15, -0.1) is 0 Å². The quantitative estimate of drug-likeness (QED) is 0.783. The van der Waals surface area contributed by atoms with E-state index in [0.717, 1.165) is 12.1 Å². The van der Waals surface area contributed by atoms with Crippen LogP contribution in [0.25, 0.3) is 6.08 Å². The minimum atomic E-state index is 0.0951. The zero-order valence-corrected chi connectivity index (χ0v) is 8.77. The third kappa shape index (κ3) is 3.73. The van der Waals surface area contributed by atoms with Crippen LogP contribution in [-0.2, 0) is 6.54 Å².